The first-order valence-corrected chi connectivity index (χ1v) is 9.41. The zero-order valence-corrected chi connectivity index (χ0v) is 14.5. The molecule has 130 valence electrons. The Hall–Kier alpha value is -1.65. The summed E-state index contributed by atoms with van der Waals surface area (Å²) in [6.07, 6.45) is 9.63. The number of carbonyl (C=O) groups is 1. The summed E-state index contributed by atoms with van der Waals surface area (Å²) in [5.74, 6) is 2.55. The lowest BCUT2D eigenvalue weighted by Crippen LogP contribution is -2.54. The van der Waals surface area contributed by atoms with Gasteiger partial charge in [0, 0.05) is 30.3 Å². The maximum atomic E-state index is 12.9. The fourth-order valence-electron chi connectivity index (χ4n) is 5.69. The number of aromatic nitrogens is 2. The number of amides is 1. The largest absolute Gasteiger partial charge is 0.354 e. The third-order valence-electron chi connectivity index (χ3n) is 6.46. The van der Waals surface area contributed by atoms with Crippen LogP contribution in [0.2, 0.25) is 0 Å². The summed E-state index contributed by atoms with van der Waals surface area (Å²) in [7, 11) is 0. The number of carbonyl (C=O) groups excluding carboxylic acids is 1. The van der Waals surface area contributed by atoms with Gasteiger partial charge in [0.1, 0.15) is 0 Å². The number of hydrogen-bond acceptors (Lipinski definition) is 3. The van der Waals surface area contributed by atoms with E-state index in [1.807, 2.05) is 6.92 Å². The Balaban J connectivity index is 1.36. The van der Waals surface area contributed by atoms with Crippen molar-refractivity contribution < 1.29 is 4.79 Å². The molecule has 0 unspecified atom stereocenters. The summed E-state index contributed by atoms with van der Waals surface area (Å²) in [5.41, 5.74) is 0.670. The van der Waals surface area contributed by atoms with E-state index in [2.05, 4.69) is 10.3 Å². The summed E-state index contributed by atoms with van der Waals surface area (Å²) in [5, 5.41) is 3.12. The molecule has 4 fully saturated rings. The molecule has 4 saturated carbocycles. The first-order chi connectivity index (χ1) is 11.6. The summed E-state index contributed by atoms with van der Waals surface area (Å²) in [6.45, 7) is 2.99. The van der Waals surface area contributed by atoms with Crippen LogP contribution in [0.1, 0.15) is 51.1 Å². The van der Waals surface area contributed by atoms with Crippen LogP contribution in [-0.4, -0.2) is 22.0 Å². The fraction of sp³-hybridized carbons (Fsp3) is 0.737. The van der Waals surface area contributed by atoms with Crippen LogP contribution in [0.15, 0.2) is 17.2 Å². The van der Waals surface area contributed by atoms with Gasteiger partial charge in [-0.2, -0.15) is 0 Å². The molecule has 4 bridgehead atoms. The minimum atomic E-state index is -0.107. The molecule has 5 rings (SSSR count). The van der Waals surface area contributed by atoms with E-state index in [1.165, 1.54) is 19.3 Å². The maximum Gasteiger partial charge on any atom is 0.253 e. The lowest BCUT2D eigenvalue weighted by Gasteiger charge is -2.55. The summed E-state index contributed by atoms with van der Waals surface area (Å²) < 4.78 is 1.58. The third kappa shape index (κ3) is 2.78. The Morgan fingerprint density at radius 3 is 2.42 bits per heavy atom. The van der Waals surface area contributed by atoms with Gasteiger partial charge in [-0.3, -0.25) is 14.2 Å². The zero-order chi connectivity index (χ0) is 16.7. The van der Waals surface area contributed by atoms with E-state index in [0.717, 1.165) is 49.1 Å². The van der Waals surface area contributed by atoms with Crippen LogP contribution in [0.25, 0.3) is 0 Å². The minimum absolute atomic E-state index is 0.0362. The normalized spacial score (nSPS) is 33.6. The Bertz CT molecular complexity index is 659. The highest BCUT2D eigenvalue weighted by Crippen LogP contribution is 2.60. The average molecular weight is 329 g/mol. The van der Waals surface area contributed by atoms with E-state index < -0.39 is 0 Å². The topological polar surface area (TPSA) is 64.0 Å². The molecule has 1 heterocycles. The Labute approximate surface area is 142 Å². The first-order valence-electron chi connectivity index (χ1n) is 9.41. The average Bonchev–Trinajstić information content (AvgIpc) is 2.55. The van der Waals surface area contributed by atoms with E-state index in [-0.39, 0.29) is 16.9 Å². The highest BCUT2D eigenvalue weighted by molar-refractivity contribution is 5.83. The lowest BCUT2D eigenvalue weighted by atomic mass is 9.49. The van der Waals surface area contributed by atoms with Crippen LogP contribution in [-0.2, 0) is 17.8 Å². The Kier molecular flexibility index (Phi) is 3.97. The van der Waals surface area contributed by atoms with Gasteiger partial charge in [0.2, 0.25) is 5.91 Å². The molecule has 4 aliphatic rings. The molecule has 0 radical (unpaired) electrons. The van der Waals surface area contributed by atoms with Gasteiger partial charge in [0.25, 0.3) is 5.56 Å². The maximum absolute atomic E-state index is 12.9. The number of nitrogens with zero attached hydrogens (tertiary/aromatic N) is 2. The lowest BCUT2D eigenvalue weighted by molar-refractivity contribution is -0.146. The van der Waals surface area contributed by atoms with E-state index in [1.54, 1.807) is 17.0 Å². The van der Waals surface area contributed by atoms with Crippen molar-refractivity contribution in [1.29, 1.82) is 0 Å². The number of hydrogen-bond donors (Lipinski definition) is 1. The molecular formula is C19H27N3O2. The number of aryl methyl sites for hydroxylation is 1. The molecule has 24 heavy (non-hydrogen) atoms. The van der Waals surface area contributed by atoms with Gasteiger partial charge in [-0.05, 0) is 62.7 Å². The standard InChI is InChI=1S/C19H27N3O2/c1-2-16-8-17(23)22(12-21-16)4-3-20-18(24)19-9-13-5-14(10-19)7-15(6-13)11-19/h8,12-15H,2-7,9-11H2,1H3,(H,20,24). The van der Waals surface area contributed by atoms with Crippen LogP contribution in [0.4, 0.5) is 0 Å². The second kappa shape index (κ2) is 6.01. The van der Waals surface area contributed by atoms with Crippen molar-refractivity contribution in [1.82, 2.24) is 14.9 Å². The van der Waals surface area contributed by atoms with Crippen molar-refractivity contribution in [3.05, 3.63) is 28.4 Å². The summed E-state index contributed by atoms with van der Waals surface area (Å²) in [4.78, 5) is 29.1. The van der Waals surface area contributed by atoms with Crippen molar-refractivity contribution >= 4 is 5.91 Å². The van der Waals surface area contributed by atoms with Crippen molar-refractivity contribution in [3.8, 4) is 0 Å². The van der Waals surface area contributed by atoms with Crippen LogP contribution in [0, 0.1) is 23.2 Å². The first kappa shape index (κ1) is 15.9. The second-order valence-corrected chi connectivity index (χ2v) is 8.22. The van der Waals surface area contributed by atoms with Crippen molar-refractivity contribution in [2.75, 3.05) is 6.54 Å². The Morgan fingerprint density at radius 2 is 1.88 bits per heavy atom. The van der Waals surface area contributed by atoms with Gasteiger partial charge in [0.15, 0.2) is 0 Å². The highest BCUT2D eigenvalue weighted by Gasteiger charge is 2.54. The second-order valence-electron chi connectivity index (χ2n) is 8.22. The molecule has 0 atom stereocenters. The Morgan fingerprint density at radius 1 is 1.25 bits per heavy atom. The van der Waals surface area contributed by atoms with Crippen LogP contribution in [0.5, 0.6) is 0 Å². The molecule has 4 aliphatic carbocycles. The SMILES string of the molecule is CCc1cc(=O)n(CCNC(=O)C23CC4CC(CC(C4)C2)C3)cn1. The number of nitrogens with one attached hydrogen (secondary N) is 1. The van der Waals surface area contributed by atoms with Gasteiger partial charge < -0.3 is 5.32 Å². The molecule has 0 spiro atoms. The molecular weight excluding hydrogens is 302 g/mol. The van der Waals surface area contributed by atoms with Crippen LogP contribution < -0.4 is 10.9 Å². The van der Waals surface area contributed by atoms with E-state index in [0.29, 0.717) is 13.1 Å². The zero-order valence-electron chi connectivity index (χ0n) is 14.5. The molecule has 1 aromatic heterocycles. The number of rotatable bonds is 5. The predicted molar refractivity (Wildman–Crippen MR) is 91.5 cm³/mol. The van der Waals surface area contributed by atoms with E-state index in [4.69, 9.17) is 0 Å². The third-order valence-corrected chi connectivity index (χ3v) is 6.46. The van der Waals surface area contributed by atoms with Crippen molar-refractivity contribution in [2.24, 2.45) is 23.2 Å². The quantitative estimate of drug-likeness (QED) is 0.900. The summed E-state index contributed by atoms with van der Waals surface area (Å²) in [6, 6.07) is 1.58. The minimum Gasteiger partial charge on any atom is -0.354 e. The van der Waals surface area contributed by atoms with Gasteiger partial charge in [0.05, 0.1) is 6.33 Å². The predicted octanol–water partition coefficient (Wildman–Crippen LogP) is 2.14. The molecule has 5 heteroatoms. The summed E-state index contributed by atoms with van der Waals surface area (Å²) >= 11 is 0. The van der Waals surface area contributed by atoms with Gasteiger partial charge >= 0.3 is 0 Å². The smallest absolute Gasteiger partial charge is 0.253 e. The van der Waals surface area contributed by atoms with Gasteiger partial charge in [-0.15, -0.1) is 0 Å². The van der Waals surface area contributed by atoms with Crippen LogP contribution >= 0.6 is 0 Å². The molecule has 1 aromatic rings. The molecule has 1 N–H and O–H groups in total. The van der Waals surface area contributed by atoms with E-state index in [9.17, 15) is 9.59 Å². The monoisotopic (exact) mass is 329 g/mol. The molecule has 0 aliphatic heterocycles. The van der Waals surface area contributed by atoms with Gasteiger partial charge in [-0.25, -0.2) is 4.98 Å². The van der Waals surface area contributed by atoms with Crippen molar-refractivity contribution in [2.45, 2.75) is 58.4 Å². The van der Waals surface area contributed by atoms with Gasteiger partial charge in [-0.1, -0.05) is 6.92 Å². The van der Waals surface area contributed by atoms with E-state index >= 15 is 0 Å². The molecule has 0 saturated heterocycles. The molecule has 5 nitrogen and oxygen atoms in total. The van der Waals surface area contributed by atoms with Crippen molar-refractivity contribution in [3.63, 3.8) is 0 Å². The highest BCUT2D eigenvalue weighted by atomic mass is 16.2. The molecule has 1 amide bonds. The fourth-order valence-corrected chi connectivity index (χ4v) is 5.69. The van der Waals surface area contributed by atoms with Crippen LogP contribution in [0.3, 0.4) is 0 Å². The molecule has 0 aromatic carbocycles.